The molecule has 0 aromatic heterocycles. The third-order valence-corrected chi connectivity index (χ3v) is 10.2. The molecule has 2 aromatic carbocycles. The summed E-state index contributed by atoms with van der Waals surface area (Å²) in [6.07, 6.45) is 6.05. The fourth-order valence-corrected chi connectivity index (χ4v) is 8.13. The van der Waals surface area contributed by atoms with Crippen LogP contribution >= 0.6 is 0 Å². The molecule has 4 aliphatic carbocycles. The molecular formula is C30H40. The van der Waals surface area contributed by atoms with Gasteiger partial charge in [0.2, 0.25) is 0 Å². The molecule has 10 unspecified atom stereocenters. The number of hydrogen-bond donors (Lipinski definition) is 0. The largest absolute Gasteiger partial charge is 0.0622 e. The average molecular weight is 401 g/mol. The molecule has 4 aliphatic rings. The fourth-order valence-electron chi connectivity index (χ4n) is 8.13. The first-order valence-electron chi connectivity index (χ1n) is 12.7. The van der Waals surface area contributed by atoms with Gasteiger partial charge in [-0.15, -0.1) is 0 Å². The van der Waals surface area contributed by atoms with Crippen molar-refractivity contribution in [3.8, 4) is 0 Å². The van der Waals surface area contributed by atoms with Gasteiger partial charge in [0.15, 0.2) is 0 Å². The molecule has 0 spiro atoms. The lowest BCUT2D eigenvalue weighted by molar-refractivity contribution is 0.204. The van der Waals surface area contributed by atoms with Crippen LogP contribution in [0.15, 0.2) is 60.7 Å². The third kappa shape index (κ3) is 3.35. The van der Waals surface area contributed by atoms with E-state index >= 15 is 0 Å². The van der Waals surface area contributed by atoms with E-state index in [9.17, 15) is 0 Å². The first-order chi connectivity index (χ1) is 14.6. The van der Waals surface area contributed by atoms with Gasteiger partial charge in [-0.05, 0) is 96.0 Å². The van der Waals surface area contributed by atoms with Crippen molar-refractivity contribution in [1.29, 1.82) is 0 Å². The molecule has 0 heteroatoms. The molecule has 0 aliphatic heterocycles. The maximum Gasteiger partial charge on any atom is -0.00592 e. The zero-order valence-electron chi connectivity index (χ0n) is 19.4. The van der Waals surface area contributed by atoms with Crippen LogP contribution in [0.5, 0.6) is 0 Å². The van der Waals surface area contributed by atoms with E-state index in [1.165, 1.54) is 19.3 Å². The molecule has 0 saturated heterocycles. The summed E-state index contributed by atoms with van der Waals surface area (Å²) < 4.78 is 0. The number of benzene rings is 2. The van der Waals surface area contributed by atoms with Crippen molar-refractivity contribution in [3.05, 3.63) is 71.8 Å². The van der Waals surface area contributed by atoms with E-state index in [-0.39, 0.29) is 0 Å². The van der Waals surface area contributed by atoms with Gasteiger partial charge in [0.25, 0.3) is 0 Å². The van der Waals surface area contributed by atoms with Crippen LogP contribution in [-0.2, 0) is 0 Å². The second-order valence-corrected chi connectivity index (χ2v) is 11.2. The summed E-state index contributed by atoms with van der Waals surface area (Å²) in [4.78, 5) is 0. The molecule has 160 valence electrons. The summed E-state index contributed by atoms with van der Waals surface area (Å²) in [6, 6.07) is 22.5. The normalized spacial score (nSPS) is 43.5. The second kappa shape index (κ2) is 8.18. The molecule has 10 atom stereocenters. The van der Waals surface area contributed by atoms with Crippen LogP contribution in [0.4, 0.5) is 0 Å². The minimum absolute atomic E-state index is 0.713. The summed E-state index contributed by atoms with van der Waals surface area (Å²) in [5.41, 5.74) is 3.11. The van der Waals surface area contributed by atoms with Crippen molar-refractivity contribution in [2.45, 2.75) is 65.2 Å². The molecule has 0 radical (unpaired) electrons. The van der Waals surface area contributed by atoms with Crippen molar-refractivity contribution >= 4 is 0 Å². The summed E-state index contributed by atoms with van der Waals surface area (Å²) in [6.45, 7) is 9.84. The van der Waals surface area contributed by atoms with E-state index in [4.69, 9.17) is 0 Å². The molecule has 30 heavy (non-hydrogen) atoms. The Hall–Kier alpha value is -1.56. The molecule has 0 N–H and O–H groups in total. The number of rotatable bonds is 2. The Bertz CT molecular complexity index is 750. The van der Waals surface area contributed by atoms with Crippen molar-refractivity contribution in [1.82, 2.24) is 0 Å². The smallest absolute Gasteiger partial charge is 0.00592 e. The van der Waals surface area contributed by atoms with Crippen molar-refractivity contribution in [2.75, 3.05) is 0 Å². The Morgan fingerprint density at radius 3 is 1.23 bits per heavy atom. The first kappa shape index (κ1) is 20.3. The van der Waals surface area contributed by atoms with Crippen LogP contribution in [0.3, 0.4) is 0 Å². The van der Waals surface area contributed by atoms with Gasteiger partial charge in [-0.3, -0.25) is 0 Å². The van der Waals surface area contributed by atoms with Gasteiger partial charge in [0, 0.05) is 0 Å². The van der Waals surface area contributed by atoms with E-state index < -0.39 is 0 Å². The Labute approximate surface area is 184 Å². The first-order valence-corrected chi connectivity index (χ1v) is 12.7. The predicted molar refractivity (Wildman–Crippen MR) is 127 cm³/mol. The van der Waals surface area contributed by atoms with Crippen LogP contribution in [-0.4, -0.2) is 0 Å². The van der Waals surface area contributed by atoms with Crippen molar-refractivity contribution in [3.63, 3.8) is 0 Å². The van der Waals surface area contributed by atoms with Gasteiger partial charge in [-0.25, -0.2) is 0 Å². The lowest BCUT2D eigenvalue weighted by Crippen LogP contribution is -2.29. The molecule has 2 aromatic rings. The summed E-state index contributed by atoms with van der Waals surface area (Å²) in [7, 11) is 0. The number of hydrogen-bond acceptors (Lipinski definition) is 0. The average Bonchev–Trinajstić information content (AvgIpc) is 3.54. The topological polar surface area (TPSA) is 0 Å². The molecule has 0 nitrogen and oxygen atoms in total. The molecular weight excluding hydrogens is 360 g/mol. The zero-order valence-corrected chi connectivity index (χ0v) is 19.4. The van der Waals surface area contributed by atoms with Crippen LogP contribution < -0.4 is 0 Å². The summed E-state index contributed by atoms with van der Waals surface area (Å²) >= 11 is 0. The molecule has 4 bridgehead atoms. The lowest BCUT2D eigenvalue weighted by atomic mass is 9.65. The fraction of sp³-hybridized carbons (Fsp3) is 0.600. The summed E-state index contributed by atoms with van der Waals surface area (Å²) in [5, 5.41) is 0. The third-order valence-electron chi connectivity index (χ3n) is 10.2. The van der Waals surface area contributed by atoms with Crippen LogP contribution in [0, 0.1) is 47.3 Å². The maximum absolute atomic E-state index is 2.48. The van der Waals surface area contributed by atoms with Crippen LogP contribution in [0.2, 0.25) is 0 Å². The Morgan fingerprint density at radius 2 is 0.900 bits per heavy atom. The Morgan fingerprint density at radius 1 is 0.500 bits per heavy atom. The van der Waals surface area contributed by atoms with Gasteiger partial charge in [-0.2, -0.15) is 0 Å². The van der Waals surface area contributed by atoms with Gasteiger partial charge >= 0.3 is 0 Å². The van der Waals surface area contributed by atoms with Crippen LogP contribution in [0.25, 0.3) is 0 Å². The lowest BCUT2D eigenvalue weighted by Gasteiger charge is -2.39. The van der Waals surface area contributed by atoms with E-state index in [1.54, 1.807) is 17.5 Å². The SMILES string of the molecule is CC1C(C)C2CC1C(c1ccccc1)C2c1ccccc1.CC1C2CCC(C2)C1C. The highest BCUT2D eigenvalue weighted by Gasteiger charge is 2.55. The highest BCUT2D eigenvalue weighted by molar-refractivity contribution is 5.34. The Kier molecular flexibility index (Phi) is 5.55. The van der Waals surface area contributed by atoms with E-state index in [0.29, 0.717) is 11.8 Å². The molecule has 4 fully saturated rings. The Balaban J connectivity index is 0.000000178. The standard InChI is InChI=1S/C21H24.C9H16/c1-14-15(2)19-13-18(14)20(16-9-5-3-6-10-16)21(19)17-11-7-4-8-12-17;1-6-7(2)9-4-3-8(6)5-9/h3-12,14-15,18-21H,13H2,1-2H3;6-9H,3-5H2,1-2H3. The monoisotopic (exact) mass is 400 g/mol. The second-order valence-electron chi connectivity index (χ2n) is 11.2. The van der Waals surface area contributed by atoms with Gasteiger partial charge < -0.3 is 0 Å². The number of fused-ring (bicyclic) bond motifs is 4. The molecule has 0 amide bonds. The van der Waals surface area contributed by atoms with E-state index in [0.717, 1.165) is 47.3 Å². The highest BCUT2D eigenvalue weighted by atomic mass is 14.6. The van der Waals surface area contributed by atoms with Crippen molar-refractivity contribution in [2.24, 2.45) is 47.3 Å². The van der Waals surface area contributed by atoms with E-state index in [2.05, 4.69) is 88.4 Å². The minimum atomic E-state index is 0.713. The maximum atomic E-state index is 2.48. The van der Waals surface area contributed by atoms with Gasteiger partial charge in [-0.1, -0.05) is 88.4 Å². The van der Waals surface area contributed by atoms with E-state index in [1.807, 2.05) is 0 Å². The van der Waals surface area contributed by atoms with Crippen molar-refractivity contribution < 1.29 is 0 Å². The van der Waals surface area contributed by atoms with Crippen LogP contribution in [0.1, 0.15) is 76.3 Å². The molecule has 0 heterocycles. The highest BCUT2D eigenvalue weighted by Crippen LogP contribution is 2.64. The summed E-state index contributed by atoms with van der Waals surface area (Å²) in [5.74, 6) is 9.19. The minimum Gasteiger partial charge on any atom is -0.0622 e. The van der Waals surface area contributed by atoms with Gasteiger partial charge in [0.1, 0.15) is 0 Å². The quantitative estimate of drug-likeness (QED) is 0.477. The molecule has 6 rings (SSSR count). The van der Waals surface area contributed by atoms with Gasteiger partial charge in [0.05, 0.1) is 0 Å². The predicted octanol–water partition coefficient (Wildman–Crippen LogP) is 8.16. The zero-order chi connectivity index (χ0) is 20.8. The molecule has 4 saturated carbocycles.